The van der Waals surface area contributed by atoms with Gasteiger partial charge >= 0.3 is 0 Å². The third-order valence-electron chi connectivity index (χ3n) is 2.22. The van der Waals surface area contributed by atoms with Gasteiger partial charge in [0, 0.05) is 12.6 Å². The van der Waals surface area contributed by atoms with Gasteiger partial charge in [-0.05, 0) is 18.6 Å². The molecule has 0 saturated carbocycles. The van der Waals surface area contributed by atoms with Crippen molar-refractivity contribution in [3.63, 3.8) is 0 Å². The number of aromatic hydroxyl groups is 1. The summed E-state index contributed by atoms with van der Waals surface area (Å²) >= 11 is 0. The summed E-state index contributed by atoms with van der Waals surface area (Å²) in [6.07, 6.45) is 0.651. The van der Waals surface area contributed by atoms with E-state index in [1.54, 1.807) is 12.1 Å². The second kappa shape index (κ2) is 3.16. The van der Waals surface area contributed by atoms with E-state index < -0.39 is 10.0 Å². The van der Waals surface area contributed by atoms with Gasteiger partial charge < -0.3 is 5.11 Å². The number of phenols is 1. The predicted octanol–water partition coefficient (Wildman–Crippen LogP) is 0.932. The molecule has 1 saturated heterocycles. The number of benzene rings is 1. The van der Waals surface area contributed by atoms with Crippen LogP contribution >= 0.6 is 0 Å². The third-order valence-corrected chi connectivity index (χ3v) is 4.09. The Morgan fingerprint density at radius 1 is 1.36 bits per heavy atom. The summed E-state index contributed by atoms with van der Waals surface area (Å²) in [5.74, 6) is 0.285. The highest BCUT2D eigenvalue weighted by atomic mass is 32.2. The molecule has 1 aliphatic heterocycles. The SMILES string of the molecule is O=S1(=O)CCCN1c1cccc(O)c1. The predicted molar refractivity (Wildman–Crippen MR) is 53.9 cm³/mol. The van der Waals surface area contributed by atoms with Crippen molar-refractivity contribution in [3.8, 4) is 5.75 Å². The van der Waals surface area contributed by atoms with Crippen LogP contribution in [-0.4, -0.2) is 25.8 Å². The minimum atomic E-state index is -3.13. The minimum absolute atomic E-state index is 0.0876. The fourth-order valence-corrected chi connectivity index (χ4v) is 3.13. The van der Waals surface area contributed by atoms with E-state index in [1.165, 1.54) is 16.4 Å². The van der Waals surface area contributed by atoms with E-state index in [-0.39, 0.29) is 11.5 Å². The van der Waals surface area contributed by atoms with Gasteiger partial charge in [0.1, 0.15) is 5.75 Å². The summed E-state index contributed by atoms with van der Waals surface area (Å²) < 4.78 is 24.4. The van der Waals surface area contributed by atoms with Crippen LogP contribution in [0.2, 0.25) is 0 Å². The van der Waals surface area contributed by atoms with Gasteiger partial charge in [0.2, 0.25) is 10.0 Å². The number of rotatable bonds is 1. The Hall–Kier alpha value is -1.23. The van der Waals surface area contributed by atoms with Crippen LogP contribution in [0.25, 0.3) is 0 Å². The van der Waals surface area contributed by atoms with E-state index in [4.69, 9.17) is 0 Å². The summed E-state index contributed by atoms with van der Waals surface area (Å²) in [5.41, 5.74) is 0.544. The van der Waals surface area contributed by atoms with Crippen LogP contribution in [0, 0.1) is 0 Å². The Labute approximate surface area is 82.8 Å². The first kappa shape index (κ1) is 9.33. The fraction of sp³-hybridized carbons (Fsp3) is 0.333. The highest BCUT2D eigenvalue weighted by Gasteiger charge is 2.28. The molecule has 0 atom stereocenters. The maximum Gasteiger partial charge on any atom is 0.235 e. The Morgan fingerprint density at radius 3 is 2.71 bits per heavy atom. The highest BCUT2D eigenvalue weighted by molar-refractivity contribution is 7.93. The van der Waals surface area contributed by atoms with E-state index >= 15 is 0 Å². The molecule has 1 fully saturated rings. The van der Waals surface area contributed by atoms with Gasteiger partial charge in [-0.2, -0.15) is 0 Å². The lowest BCUT2D eigenvalue weighted by atomic mass is 10.3. The Bertz CT molecular complexity index is 441. The Morgan fingerprint density at radius 2 is 2.14 bits per heavy atom. The number of sulfonamides is 1. The van der Waals surface area contributed by atoms with Gasteiger partial charge in [-0.3, -0.25) is 4.31 Å². The van der Waals surface area contributed by atoms with Gasteiger partial charge in [-0.15, -0.1) is 0 Å². The van der Waals surface area contributed by atoms with Gasteiger partial charge in [-0.25, -0.2) is 8.42 Å². The first-order valence-electron chi connectivity index (χ1n) is 4.39. The quantitative estimate of drug-likeness (QED) is 0.755. The molecule has 5 heteroatoms. The molecule has 0 aliphatic carbocycles. The highest BCUT2D eigenvalue weighted by Crippen LogP contribution is 2.26. The van der Waals surface area contributed by atoms with Gasteiger partial charge in [-0.1, -0.05) is 6.07 Å². The first-order valence-corrected chi connectivity index (χ1v) is 6.00. The summed E-state index contributed by atoms with van der Waals surface area (Å²) in [5, 5.41) is 9.22. The molecule has 1 aliphatic rings. The molecule has 1 N–H and O–H groups in total. The molecule has 0 unspecified atom stereocenters. The molecule has 0 bridgehead atoms. The molecule has 0 amide bonds. The zero-order chi connectivity index (χ0) is 10.2. The number of hydrogen-bond acceptors (Lipinski definition) is 3. The van der Waals surface area contributed by atoms with Crippen LogP contribution in [-0.2, 0) is 10.0 Å². The molecule has 76 valence electrons. The molecule has 1 aromatic rings. The smallest absolute Gasteiger partial charge is 0.235 e. The summed E-state index contributed by atoms with van der Waals surface area (Å²) in [4.78, 5) is 0. The van der Waals surface area contributed by atoms with Crippen LogP contribution in [0.15, 0.2) is 24.3 Å². The molecule has 0 spiro atoms. The van der Waals surface area contributed by atoms with Crippen molar-refractivity contribution in [2.24, 2.45) is 0 Å². The first-order chi connectivity index (χ1) is 6.59. The molecule has 2 rings (SSSR count). The van der Waals surface area contributed by atoms with Crippen LogP contribution in [0.4, 0.5) is 5.69 Å². The third kappa shape index (κ3) is 1.55. The monoisotopic (exact) mass is 213 g/mol. The average Bonchev–Trinajstić information content (AvgIpc) is 2.45. The Kier molecular flexibility index (Phi) is 2.11. The minimum Gasteiger partial charge on any atom is -0.508 e. The maximum atomic E-state index is 11.5. The standard InChI is InChI=1S/C9H11NO3S/c11-9-4-1-3-8(7-9)10-5-2-6-14(10,12)13/h1,3-4,7,11H,2,5-6H2. The Balaban J connectivity index is 2.41. The number of anilines is 1. The van der Waals surface area contributed by atoms with Crippen molar-refractivity contribution in [3.05, 3.63) is 24.3 Å². The molecule has 1 aromatic carbocycles. The summed E-state index contributed by atoms with van der Waals surface area (Å²) in [6, 6.07) is 6.30. The van der Waals surface area contributed by atoms with E-state index in [1.807, 2.05) is 0 Å². The zero-order valence-electron chi connectivity index (χ0n) is 7.55. The van der Waals surface area contributed by atoms with Crippen LogP contribution < -0.4 is 4.31 Å². The molecule has 0 aromatic heterocycles. The lowest BCUT2D eigenvalue weighted by Gasteiger charge is -2.16. The van der Waals surface area contributed by atoms with Crippen molar-refractivity contribution in [2.75, 3.05) is 16.6 Å². The lowest BCUT2D eigenvalue weighted by molar-refractivity contribution is 0.475. The molecule has 1 heterocycles. The maximum absolute atomic E-state index is 11.5. The number of hydrogen-bond donors (Lipinski definition) is 1. The van der Waals surface area contributed by atoms with Crippen molar-refractivity contribution in [1.82, 2.24) is 0 Å². The van der Waals surface area contributed by atoms with Crippen molar-refractivity contribution in [2.45, 2.75) is 6.42 Å². The van der Waals surface area contributed by atoms with Gasteiger partial charge in [0.25, 0.3) is 0 Å². The summed E-state index contributed by atoms with van der Waals surface area (Å²) in [6.45, 7) is 0.506. The topological polar surface area (TPSA) is 57.6 Å². The van der Waals surface area contributed by atoms with E-state index in [0.29, 0.717) is 18.7 Å². The largest absolute Gasteiger partial charge is 0.508 e. The molecule has 14 heavy (non-hydrogen) atoms. The molecule has 0 radical (unpaired) electrons. The summed E-state index contributed by atoms with van der Waals surface area (Å²) in [7, 11) is -3.13. The second-order valence-corrected chi connectivity index (χ2v) is 5.27. The second-order valence-electron chi connectivity index (χ2n) is 3.26. The van der Waals surface area contributed by atoms with Crippen LogP contribution in [0.5, 0.6) is 5.75 Å². The molecule has 4 nitrogen and oxygen atoms in total. The van der Waals surface area contributed by atoms with Crippen LogP contribution in [0.1, 0.15) is 6.42 Å². The van der Waals surface area contributed by atoms with E-state index in [2.05, 4.69) is 0 Å². The average molecular weight is 213 g/mol. The molecular formula is C9H11NO3S. The lowest BCUT2D eigenvalue weighted by Crippen LogP contribution is -2.24. The molecular weight excluding hydrogens is 202 g/mol. The number of phenolic OH excluding ortho intramolecular Hbond substituents is 1. The van der Waals surface area contributed by atoms with Gasteiger partial charge in [0.05, 0.1) is 11.4 Å². The normalized spacial score (nSPS) is 19.9. The van der Waals surface area contributed by atoms with Crippen molar-refractivity contribution < 1.29 is 13.5 Å². The zero-order valence-corrected chi connectivity index (χ0v) is 8.37. The van der Waals surface area contributed by atoms with Crippen molar-refractivity contribution >= 4 is 15.7 Å². The van der Waals surface area contributed by atoms with Crippen molar-refractivity contribution in [1.29, 1.82) is 0 Å². The van der Waals surface area contributed by atoms with Gasteiger partial charge in [0.15, 0.2) is 0 Å². The fourth-order valence-electron chi connectivity index (χ4n) is 1.58. The van der Waals surface area contributed by atoms with Crippen LogP contribution in [0.3, 0.4) is 0 Å². The number of nitrogens with zero attached hydrogens (tertiary/aromatic N) is 1. The van der Waals surface area contributed by atoms with E-state index in [9.17, 15) is 13.5 Å². The van der Waals surface area contributed by atoms with E-state index in [0.717, 1.165) is 0 Å².